The second kappa shape index (κ2) is 10.8. The number of nitrogens with zero attached hydrogens (tertiary/aromatic N) is 3. The third-order valence-corrected chi connectivity index (χ3v) is 8.86. The number of hydrogen-bond donors (Lipinski definition) is 0. The molecule has 0 aliphatic rings. The van der Waals surface area contributed by atoms with E-state index in [1.165, 1.54) is 32.3 Å². The van der Waals surface area contributed by atoms with E-state index in [2.05, 4.69) is 152 Å². The predicted molar refractivity (Wildman–Crippen MR) is 191 cm³/mol. The normalized spacial score (nSPS) is 11.5. The molecule has 3 nitrogen and oxygen atoms in total. The highest BCUT2D eigenvalue weighted by atomic mass is 15.0. The number of aromatic nitrogens is 3. The molecule has 0 spiro atoms. The summed E-state index contributed by atoms with van der Waals surface area (Å²) in [4.78, 5) is 15.6. The Morgan fingerprint density at radius 2 is 0.652 bits per heavy atom. The molecule has 1 heterocycles. The summed E-state index contributed by atoms with van der Waals surface area (Å²) >= 11 is 0. The molecule has 0 radical (unpaired) electrons. The SMILES string of the molecule is c1ccc(-c2ccccc2-c2nc(-c3cc4ccc5cccc6ccc(c3)c4c56)nc(-c3ccccc3-c3ccccc3)n2)cc1. The van der Waals surface area contributed by atoms with E-state index in [0.717, 1.165) is 38.9 Å². The van der Waals surface area contributed by atoms with Gasteiger partial charge in [-0.25, -0.2) is 15.0 Å². The zero-order chi connectivity index (χ0) is 30.5. The Kier molecular flexibility index (Phi) is 6.14. The third kappa shape index (κ3) is 4.41. The summed E-state index contributed by atoms with van der Waals surface area (Å²) in [6.07, 6.45) is 0. The number of benzene rings is 8. The maximum absolute atomic E-state index is 5.20. The first-order valence-electron chi connectivity index (χ1n) is 15.5. The average Bonchev–Trinajstić information content (AvgIpc) is 3.14. The standard InChI is InChI=1S/C43H27N3/c1-3-12-28(13-4-1)35-18-7-9-20-37(35)42-44-41(45-43(46-42)38-21-10-8-19-36(38)29-14-5-2-6-15-29)34-26-32-24-22-30-16-11-17-31-23-25-33(27-34)40(32)39(30)31/h1-27H. The molecule has 0 unspecified atom stereocenters. The van der Waals surface area contributed by atoms with Crippen molar-refractivity contribution in [2.75, 3.05) is 0 Å². The molecule has 214 valence electrons. The maximum atomic E-state index is 5.20. The summed E-state index contributed by atoms with van der Waals surface area (Å²) in [6, 6.07) is 57.4. The van der Waals surface area contributed by atoms with Crippen LogP contribution in [0, 0.1) is 0 Å². The quantitative estimate of drug-likeness (QED) is 0.189. The lowest BCUT2D eigenvalue weighted by atomic mass is 9.93. The smallest absolute Gasteiger partial charge is 0.164 e. The topological polar surface area (TPSA) is 38.7 Å². The Morgan fingerprint density at radius 3 is 1.15 bits per heavy atom. The molecule has 0 bridgehead atoms. The molecule has 0 fully saturated rings. The minimum atomic E-state index is 0.646. The second-order valence-electron chi connectivity index (χ2n) is 11.6. The lowest BCUT2D eigenvalue weighted by Crippen LogP contribution is -2.02. The molecule has 0 saturated heterocycles. The van der Waals surface area contributed by atoms with Crippen molar-refractivity contribution in [1.82, 2.24) is 15.0 Å². The van der Waals surface area contributed by atoms with Gasteiger partial charge in [-0.1, -0.05) is 152 Å². The molecular formula is C43H27N3. The van der Waals surface area contributed by atoms with Gasteiger partial charge in [0.1, 0.15) is 0 Å². The van der Waals surface area contributed by atoms with Crippen LogP contribution in [-0.4, -0.2) is 15.0 Å². The van der Waals surface area contributed by atoms with E-state index in [4.69, 9.17) is 15.0 Å². The molecule has 8 aromatic carbocycles. The highest BCUT2D eigenvalue weighted by molar-refractivity contribution is 6.23. The van der Waals surface area contributed by atoms with Crippen LogP contribution in [0.3, 0.4) is 0 Å². The van der Waals surface area contributed by atoms with Crippen LogP contribution in [0.1, 0.15) is 0 Å². The van der Waals surface area contributed by atoms with Gasteiger partial charge in [-0.2, -0.15) is 0 Å². The van der Waals surface area contributed by atoms with Crippen LogP contribution in [0.2, 0.25) is 0 Å². The summed E-state index contributed by atoms with van der Waals surface area (Å²) in [5.41, 5.74) is 7.30. The first-order chi connectivity index (χ1) is 22.8. The summed E-state index contributed by atoms with van der Waals surface area (Å²) in [5.74, 6) is 1.94. The Balaban J connectivity index is 1.31. The number of rotatable bonds is 5. The molecule has 0 N–H and O–H groups in total. The van der Waals surface area contributed by atoms with Crippen molar-refractivity contribution in [2.24, 2.45) is 0 Å². The van der Waals surface area contributed by atoms with Gasteiger partial charge in [-0.3, -0.25) is 0 Å². The van der Waals surface area contributed by atoms with Crippen molar-refractivity contribution in [2.45, 2.75) is 0 Å². The minimum absolute atomic E-state index is 0.646. The first kappa shape index (κ1) is 26.2. The Labute approximate surface area is 266 Å². The molecule has 3 heteroatoms. The number of hydrogen-bond acceptors (Lipinski definition) is 3. The van der Waals surface area contributed by atoms with Gasteiger partial charge in [0.05, 0.1) is 0 Å². The van der Waals surface area contributed by atoms with E-state index in [9.17, 15) is 0 Å². The third-order valence-electron chi connectivity index (χ3n) is 8.86. The van der Waals surface area contributed by atoms with Gasteiger partial charge in [0.15, 0.2) is 17.5 Å². The zero-order valence-corrected chi connectivity index (χ0v) is 24.9. The van der Waals surface area contributed by atoms with Gasteiger partial charge in [0, 0.05) is 16.7 Å². The van der Waals surface area contributed by atoms with Crippen LogP contribution in [0.4, 0.5) is 0 Å². The Bertz CT molecular complexity index is 2360. The summed E-state index contributed by atoms with van der Waals surface area (Å²) < 4.78 is 0. The van der Waals surface area contributed by atoms with E-state index < -0.39 is 0 Å². The van der Waals surface area contributed by atoms with E-state index in [1.54, 1.807) is 0 Å². The molecule has 0 amide bonds. The van der Waals surface area contributed by atoms with Crippen molar-refractivity contribution in [3.05, 3.63) is 164 Å². The van der Waals surface area contributed by atoms with Crippen LogP contribution in [0.15, 0.2) is 164 Å². The second-order valence-corrected chi connectivity index (χ2v) is 11.6. The van der Waals surface area contributed by atoms with Crippen molar-refractivity contribution >= 4 is 32.3 Å². The molecule has 0 aliphatic carbocycles. The fourth-order valence-corrected chi connectivity index (χ4v) is 6.72. The van der Waals surface area contributed by atoms with Crippen LogP contribution in [0.25, 0.3) is 88.7 Å². The van der Waals surface area contributed by atoms with E-state index >= 15 is 0 Å². The van der Waals surface area contributed by atoms with Gasteiger partial charge in [-0.05, 0) is 66.7 Å². The van der Waals surface area contributed by atoms with Crippen molar-refractivity contribution in [3.8, 4) is 56.4 Å². The van der Waals surface area contributed by atoms with Crippen molar-refractivity contribution < 1.29 is 0 Å². The van der Waals surface area contributed by atoms with Gasteiger partial charge in [0.25, 0.3) is 0 Å². The minimum Gasteiger partial charge on any atom is -0.208 e. The molecule has 1 aromatic heterocycles. The van der Waals surface area contributed by atoms with Gasteiger partial charge in [0.2, 0.25) is 0 Å². The van der Waals surface area contributed by atoms with Gasteiger partial charge >= 0.3 is 0 Å². The molecule has 0 aliphatic heterocycles. The van der Waals surface area contributed by atoms with Crippen LogP contribution < -0.4 is 0 Å². The van der Waals surface area contributed by atoms with Gasteiger partial charge in [-0.15, -0.1) is 0 Å². The Morgan fingerprint density at radius 1 is 0.261 bits per heavy atom. The molecule has 0 atom stereocenters. The van der Waals surface area contributed by atoms with Crippen molar-refractivity contribution in [1.29, 1.82) is 0 Å². The maximum Gasteiger partial charge on any atom is 0.164 e. The van der Waals surface area contributed by atoms with E-state index in [1.807, 2.05) is 12.1 Å². The zero-order valence-electron chi connectivity index (χ0n) is 24.9. The molecule has 46 heavy (non-hydrogen) atoms. The highest BCUT2D eigenvalue weighted by Crippen LogP contribution is 2.39. The first-order valence-corrected chi connectivity index (χ1v) is 15.5. The lowest BCUT2D eigenvalue weighted by Gasteiger charge is -2.15. The Hall–Kier alpha value is -6.19. The molecule has 9 rings (SSSR count). The molecule has 0 saturated carbocycles. The van der Waals surface area contributed by atoms with Crippen LogP contribution >= 0.6 is 0 Å². The van der Waals surface area contributed by atoms with E-state index in [0.29, 0.717) is 17.5 Å². The summed E-state index contributed by atoms with van der Waals surface area (Å²) in [7, 11) is 0. The largest absolute Gasteiger partial charge is 0.208 e. The highest BCUT2D eigenvalue weighted by Gasteiger charge is 2.19. The van der Waals surface area contributed by atoms with Crippen LogP contribution in [0.5, 0.6) is 0 Å². The van der Waals surface area contributed by atoms with E-state index in [-0.39, 0.29) is 0 Å². The lowest BCUT2D eigenvalue weighted by molar-refractivity contribution is 1.08. The van der Waals surface area contributed by atoms with Crippen LogP contribution in [-0.2, 0) is 0 Å². The monoisotopic (exact) mass is 585 g/mol. The van der Waals surface area contributed by atoms with Gasteiger partial charge < -0.3 is 0 Å². The fourth-order valence-electron chi connectivity index (χ4n) is 6.72. The molecule has 9 aromatic rings. The average molecular weight is 586 g/mol. The summed E-state index contributed by atoms with van der Waals surface area (Å²) in [6.45, 7) is 0. The summed E-state index contributed by atoms with van der Waals surface area (Å²) in [5, 5.41) is 7.43. The fraction of sp³-hybridized carbons (Fsp3) is 0. The predicted octanol–water partition coefficient (Wildman–Crippen LogP) is 11.1. The molecular weight excluding hydrogens is 558 g/mol. The van der Waals surface area contributed by atoms with Crippen molar-refractivity contribution in [3.63, 3.8) is 0 Å².